The molecule has 3 fully saturated rings. The lowest BCUT2D eigenvalue weighted by molar-refractivity contribution is -0.141. The Morgan fingerprint density at radius 1 is 1.35 bits per heavy atom. The first-order valence-corrected chi connectivity index (χ1v) is 8.43. The molecule has 2 unspecified atom stereocenters. The summed E-state index contributed by atoms with van der Waals surface area (Å²) in [4.78, 5) is 18.6. The molecule has 0 aromatic carbocycles. The number of rotatable bonds is 5. The first-order chi connectivity index (χ1) is 10.9. The van der Waals surface area contributed by atoms with Gasteiger partial charge in [-0.2, -0.15) is 0 Å². The van der Waals surface area contributed by atoms with Gasteiger partial charge in [0.25, 0.3) is 0 Å². The molecular weight excluding hydrogens is 292 g/mol. The Balaban J connectivity index is 1.61. The second-order valence-electron chi connectivity index (χ2n) is 7.44. The van der Waals surface area contributed by atoms with Crippen LogP contribution in [-0.4, -0.2) is 82.9 Å². The molecule has 0 spiro atoms. The molecule has 7 nitrogen and oxygen atoms in total. The van der Waals surface area contributed by atoms with Gasteiger partial charge >= 0.3 is 0 Å². The van der Waals surface area contributed by atoms with E-state index in [1.807, 2.05) is 39.1 Å². The molecule has 1 aromatic rings. The minimum Gasteiger partial charge on any atom is -0.349 e. The van der Waals surface area contributed by atoms with E-state index < -0.39 is 0 Å². The minimum atomic E-state index is 0.176. The third-order valence-corrected chi connectivity index (χ3v) is 5.10. The van der Waals surface area contributed by atoms with Gasteiger partial charge in [0.05, 0.1) is 18.2 Å². The predicted octanol–water partition coefficient (Wildman–Crippen LogP) is 0.138. The molecule has 23 heavy (non-hydrogen) atoms. The van der Waals surface area contributed by atoms with Crippen molar-refractivity contribution in [1.82, 2.24) is 29.7 Å². The molecular formula is C16H28N6O. The normalized spacial score (nSPS) is 30.0. The van der Waals surface area contributed by atoms with Crippen molar-refractivity contribution >= 4 is 5.91 Å². The van der Waals surface area contributed by atoms with E-state index in [0.717, 1.165) is 44.7 Å². The first-order valence-electron chi connectivity index (χ1n) is 8.43. The van der Waals surface area contributed by atoms with Gasteiger partial charge in [-0.15, -0.1) is 5.10 Å². The van der Waals surface area contributed by atoms with Gasteiger partial charge in [0.2, 0.25) is 5.91 Å². The zero-order chi connectivity index (χ0) is 16.6. The summed E-state index contributed by atoms with van der Waals surface area (Å²) in [6.07, 6.45) is 4.28. The van der Waals surface area contributed by atoms with Crippen LogP contribution in [0, 0.1) is 11.8 Å². The van der Waals surface area contributed by atoms with E-state index in [0.29, 0.717) is 12.0 Å². The zero-order valence-electron chi connectivity index (χ0n) is 14.6. The highest BCUT2D eigenvalue weighted by atomic mass is 16.2. The summed E-state index contributed by atoms with van der Waals surface area (Å²) in [7, 11) is 7.79. The average Bonchev–Trinajstić information content (AvgIpc) is 2.93. The third-order valence-electron chi connectivity index (χ3n) is 5.10. The maximum atomic E-state index is 12.3. The lowest BCUT2D eigenvalue weighted by Crippen LogP contribution is -2.57. The zero-order valence-corrected chi connectivity index (χ0v) is 14.6. The highest BCUT2D eigenvalue weighted by Crippen LogP contribution is 2.37. The topological polar surface area (TPSA) is 57.5 Å². The molecule has 128 valence electrons. The van der Waals surface area contributed by atoms with Crippen LogP contribution in [0.25, 0.3) is 0 Å². The molecule has 4 rings (SSSR count). The molecule has 4 atom stereocenters. The van der Waals surface area contributed by atoms with Crippen molar-refractivity contribution < 1.29 is 4.79 Å². The molecule has 3 aliphatic rings. The van der Waals surface area contributed by atoms with Crippen LogP contribution in [0.4, 0.5) is 0 Å². The monoisotopic (exact) mass is 320 g/mol. The molecule has 1 aromatic heterocycles. The fourth-order valence-corrected chi connectivity index (χ4v) is 3.98. The summed E-state index contributed by atoms with van der Waals surface area (Å²) in [5.41, 5.74) is 1.01. The lowest BCUT2D eigenvalue weighted by atomic mass is 9.75. The quantitative estimate of drug-likeness (QED) is 0.772. The number of nitrogens with zero attached hydrogens (tertiary/aromatic N) is 6. The van der Waals surface area contributed by atoms with Gasteiger partial charge in [0.1, 0.15) is 0 Å². The van der Waals surface area contributed by atoms with Gasteiger partial charge < -0.3 is 9.80 Å². The van der Waals surface area contributed by atoms with Crippen molar-refractivity contribution in [2.45, 2.75) is 32.0 Å². The third kappa shape index (κ3) is 3.55. The fraction of sp³-hybridized carbons (Fsp3) is 0.812. The van der Waals surface area contributed by atoms with Gasteiger partial charge in [-0.3, -0.25) is 14.4 Å². The number of aromatic nitrogens is 3. The number of carbonyl (C=O) groups is 1. The Morgan fingerprint density at radius 2 is 2.13 bits per heavy atom. The van der Waals surface area contributed by atoms with Crippen LogP contribution in [-0.2, 0) is 17.9 Å². The average molecular weight is 320 g/mol. The summed E-state index contributed by atoms with van der Waals surface area (Å²) in [6.45, 7) is 3.69. The number of hydrogen-bond acceptors (Lipinski definition) is 5. The highest BCUT2D eigenvalue weighted by molar-refractivity contribution is 5.79. The highest BCUT2D eigenvalue weighted by Gasteiger charge is 2.43. The van der Waals surface area contributed by atoms with Crippen LogP contribution in [0.1, 0.15) is 18.5 Å². The van der Waals surface area contributed by atoms with E-state index in [2.05, 4.69) is 20.1 Å². The molecule has 0 saturated carbocycles. The standard InChI is InChI=1S/C16H28N6O/c1-19(2)8-13-9-22(18-17-13)10-14-7-12-5-6-21(14)11-15(12)16(23)20(3)4/h9,12,14-15H,5-8,10-11H2,1-4H3/t12?,14-,15+/m1/s1. The second-order valence-corrected chi connectivity index (χ2v) is 7.44. The molecule has 1 amide bonds. The maximum Gasteiger partial charge on any atom is 0.226 e. The number of carbonyl (C=O) groups excluding carboxylic acids is 1. The van der Waals surface area contributed by atoms with Crippen molar-refractivity contribution in [1.29, 1.82) is 0 Å². The van der Waals surface area contributed by atoms with E-state index >= 15 is 0 Å². The number of fused-ring (bicyclic) bond motifs is 3. The predicted molar refractivity (Wildman–Crippen MR) is 87.7 cm³/mol. The van der Waals surface area contributed by atoms with Gasteiger partial charge in [0.15, 0.2) is 0 Å². The van der Waals surface area contributed by atoms with Crippen molar-refractivity contribution in [3.63, 3.8) is 0 Å². The molecule has 7 heteroatoms. The van der Waals surface area contributed by atoms with Crippen molar-refractivity contribution in [3.05, 3.63) is 11.9 Å². The maximum absolute atomic E-state index is 12.3. The van der Waals surface area contributed by atoms with Gasteiger partial charge in [-0.1, -0.05) is 5.21 Å². The largest absolute Gasteiger partial charge is 0.349 e. The summed E-state index contributed by atoms with van der Waals surface area (Å²) in [6, 6.07) is 0.480. The Bertz CT molecular complexity index is 555. The Labute approximate surface area is 138 Å². The summed E-state index contributed by atoms with van der Waals surface area (Å²) in [5, 5.41) is 8.51. The van der Waals surface area contributed by atoms with Crippen LogP contribution in [0.3, 0.4) is 0 Å². The van der Waals surface area contributed by atoms with E-state index in [1.165, 1.54) is 0 Å². The molecule has 4 heterocycles. The van der Waals surface area contributed by atoms with Crippen LogP contribution in [0.15, 0.2) is 6.20 Å². The Hall–Kier alpha value is -1.47. The van der Waals surface area contributed by atoms with Crippen LogP contribution in [0.2, 0.25) is 0 Å². The SMILES string of the molecule is CN(C)Cc1cn(C[C@H]2CC3CCN2C[C@@H]3C(=O)N(C)C)nn1. The molecule has 3 saturated heterocycles. The molecule has 0 aliphatic carbocycles. The summed E-state index contributed by atoms with van der Waals surface area (Å²) < 4.78 is 1.97. The second kappa shape index (κ2) is 6.57. The van der Waals surface area contributed by atoms with Crippen molar-refractivity contribution in [2.24, 2.45) is 11.8 Å². The van der Waals surface area contributed by atoms with Crippen LogP contribution in [0.5, 0.6) is 0 Å². The van der Waals surface area contributed by atoms with E-state index in [1.54, 1.807) is 4.90 Å². The molecule has 0 N–H and O–H groups in total. The summed E-state index contributed by atoms with van der Waals surface area (Å²) in [5.74, 6) is 0.979. The smallest absolute Gasteiger partial charge is 0.226 e. The first kappa shape index (κ1) is 16.4. The van der Waals surface area contributed by atoms with E-state index in [4.69, 9.17) is 0 Å². The molecule has 2 bridgehead atoms. The van der Waals surface area contributed by atoms with Crippen molar-refractivity contribution in [2.75, 3.05) is 41.3 Å². The fourth-order valence-electron chi connectivity index (χ4n) is 3.98. The van der Waals surface area contributed by atoms with Crippen LogP contribution < -0.4 is 0 Å². The van der Waals surface area contributed by atoms with Gasteiger partial charge in [0, 0.05) is 39.4 Å². The Kier molecular flexibility index (Phi) is 4.68. The summed E-state index contributed by atoms with van der Waals surface area (Å²) >= 11 is 0. The van der Waals surface area contributed by atoms with Crippen molar-refractivity contribution in [3.8, 4) is 0 Å². The Morgan fingerprint density at radius 3 is 2.74 bits per heavy atom. The lowest BCUT2D eigenvalue weighted by Gasteiger charge is -2.49. The van der Waals surface area contributed by atoms with E-state index in [-0.39, 0.29) is 11.8 Å². The minimum absolute atomic E-state index is 0.176. The van der Waals surface area contributed by atoms with Gasteiger partial charge in [-0.25, -0.2) is 0 Å². The number of amides is 1. The number of hydrogen-bond donors (Lipinski definition) is 0. The molecule has 0 radical (unpaired) electrons. The van der Waals surface area contributed by atoms with E-state index in [9.17, 15) is 4.79 Å². The van der Waals surface area contributed by atoms with Crippen LogP contribution >= 0.6 is 0 Å². The molecule has 3 aliphatic heterocycles. The van der Waals surface area contributed by atoms with Gasteiger partial charge in [-0.05, 0) is 39.4 Å². The number of piperidine rings is 3.